The molecule has 0 saturated carbocycles. The molecule has 5 heteroatoms. The van der Waals surface area contributed by atoms with Crippen molar-refractivity contribution in [2.24, 2.45) is 0 Å². The zero-order valence-electron chi connectivity index (χ0n) is 8.22. The Morgan fingerprint density at radius 2 is 2.25 bits per heavy atom. The Labute approximate surface area is 101 Å². The Morgan fingerprint density at radius 1 is 1.38 bits per heavy atom. The third-order valence-electron chi connectivity index (χ3n) is 2.43. The summed E-state index contributed by atoms with van der Waals surface area (Å²) in [6.45, 7) is 0. The fourth-order valence-corrected chi connectivity index (χ4v) is 2.51. The van der Waals surface area contributed by atoms with Gasteiger partial charge in [0.15, 0.2) is 5.65 Å². The minimum absolute atomic E-state index is 0.607. The molecule has 0 aromatic carbocycles. The molecule has 3 aromatic heterocycles. The summed E-state index contributed by atoms with van der Waals surface area (Å²) < 4.78 is 1.80. The largest absolute Gasteiger partial charge is 0.383 e. The number of rotatable bonds is 1. The minimum Gasteiger partial charge on any atom is -0.383 e. The Balaban J connectivity index is 2.36. The maximum absolute atomic E-state index is 6.07. The minimum atomic E-state index is 0.607. The van der Waals surface area contributed by atoms with Gasteiger partial charge >= 0.3 is 0 Å². The molecule has 16 heavy (non-hydrogen) atoms. The molecular formula is C11H8ClN3S. The van der Waals surface area contributed by atoms with Crippen molar-refractivity contribution in [3.8, 4) is 11.3 Å². The molecule has 0 bridgehead atoms. The summed E-state index contributed by atoms with van der Waals surface area (Å²) in [6, 6.07) is 5.65. The van der Waals surface area contributed by atoms with Crippen molar-refractivity contribution >= 4 is 34.4 Å². The van der Waals surface area contributed by atoms with Gasteiger partial charge in [-0.3, -0.25) is 4.40 Å². The van der Waals surface area contributed by atoms with Gasteiger partial charge in [0.1, 0.15) is 11.5 Å². The number of hydrogen-bond donors (Lipinski definition) is 1. The molecule has 0 radical (unpaired) electrons. The quantitative estimate of drug-likeness (QED) is 0.719. The predicted octanol–water partition coefficient (Wildman–Crippen LogP) is 3.30. The van der Waals surface area contributed by atoms with Crippen molar-refractivity contribution in [2.75, 3.05) is 5.73 Å². The van der Waals surface area contributed by atoms with Gasteiger partial charge in [0.05, 0.1) is 5.02 Å². The lowest BCUT2D eigenvalue weighted by atomic mass is 10.2. The zero-order valence-corrected chi connectivity index (χ0v) is 9.79. The number of nitrogen functional groups attached to an aromatic ring is 1. The molecular weight excluding hydrogens is 242 g/mol. The second-order valence-corrected chi connectivity index (χ2v) is 4.59. The van der Waals surface area contributed by atoms with Crippen LogP contribution in [-0.2, 0) is 0 Å². The van der Waals surface area contributed by atoms with E-state index in [-0.39, 0.29) is 0 Å². The van der Waals surface area contributed by atoms with E-state index in [9.17, 15) is 0 Å². The van der Waals surface area contributed by atoms with Gasteiger partial charge in [0, 0.05) is 17.1 Å². The second-order valence-electron chi connectivity index (χ2n) is 3.41. The summed E-state index contributed by atoms with van der Waals surface area (Å²) in [6.07, 6.45) is 1.86. The van der Waals surface area contributed by atoms with Crippen LogP contribution in [0.3, 0.4) is 0 Å². The molecule has 3 heterocycles. The summed E-state index contributed by atoms with van der Waals surface area (Å²) in [5.41, 5.74) is 8.56. The maximum Gasteiger partial charge on any atom is 0.157 e. The standard InChI is InChI=1S/C11H8ClN3S/c12-8-2-1-4-15-10(13)9(14-11(8)15)7-3-5-16-6-7/h1-6H,13H2. The number of pyridine rings is 1. The first-order valence-corrected chi connectivity index (χ1v) is 6.04. The van der Waals surface area contributed by atoms with Crippen LogP contribution in [0.2, 0.25) is 5.02 Å². The number of fused-ring (bicyclic) bond motifs is 1. The van der Waals surface area contributed by atoms with Crippen LogP contribution in [0.1, 0.15) is 0 Å². The summed E-state index contributed by atoms with van der Waals surface area (Å²) in [4.78, 5) is 4.47. The van der Waals surface area contributed by atoms with E-state index in [2.05, 4.69) is 4.98 Å². The van der Waals surface area contributed by atoms with Gasteiger partial charge < -0.3 is 5.73 Å². The fraction of sp³-hybridized carbons (Fsp3) is 0. The molecule has 0 atom stereocenters. The average Bonchev–Trinajstić information content (AvgIpc) is 2.88. The van der Waals surface area contributed by atoms with Gasteiger partial charge in [-0.15, -0.1) is 0 Å². The van der Waals surface area contributed by atoms with Gasteiger partial charge in [-0.05, 0) is 23.6 Å². The summed E-state index contributed by atoms with van der Waals surface area (Å²) in [5, 5.41) is 4.63. The molecule has 80 valence electrons. The maximum atomic E-state index is 6.07. The molecule has 0 spiro atoms. The highest BCUT2D eigenvalue weighted by molar-refractivity contribution is 7.08. The topological polar surface area (TPSA) is 43.3 Å². The Hall–Kier alpha value is -1.52. The van der Waals surface area contributed by atoms with Crippen molar-refractivity contribution in [3.05, 3.63) is 40.2 Å². The zero-order chi connectivity index (χ0) is 11.1. The van der Waals surface area contributed by atoms with Crippen molar-refractivity contribution in [3.63, 3.8) is 0 Å². The number of hydrogen-bond acceptors (Lipinski definition) is 3. The van der Waals surface area contributed by atoms with Crippen LogP contribution in [0, 0.1) is 0 Å². The van der Waals surface area contributed by atoms with Crippen molar-refractivity contribution < 1.29 is 0 Å². The molecule has 3 aromatic rings. The molecule has 3 nitrogen and oxygen atoms in total. The first-order chi connectivity index (χ1) is 7.77. The van der Waals surface area contributed by atoms with Crippen LogP contribution >= 0.6 is 22.9 Å². The normalized spacial score (nSPS) is 11.1. The molecule has 0 saturated heterocycles. The average molecular weight is 250 g/mol. The van der Waals surface area contributed by atoms with Crippen LogP contribution in [0.25, 0.3) is 16.9 Å². The lowest BCUT2D eigenvalue weighted by Gasteiger charge is -1.96. The number of halogens is 1. The van der Waals surface area contributed by atoms with Gasteiger partial charge in [0.25, 0.3) is 0 Å². The molecule has 2 N–H and O–H groups in total. The predicted molar refractivity (Wildman–Crippen MR) is 67.9 cm³/mol. The van der Waals surface area contributed by atoms with E-state index in [1.54, 1.807) is 21.8 Å². The van der Waals surface area contributed by atoms with Gasteiger partial charge in [0.2, 0.25) is 0 Å². The second kappa shape index (κ2) is 3.50. The lowest BCUT2D eigenvalue weighted by Crippen LogP contribution is -1.93. The Kier molecular flexibility index (Phi) is 2.12. The van der Waals surface area contributed by atoms with E-state index >= 15 is 0 Å². The molecule has 0 aliphatic heterocycles. The van der Waals surface area contributed by atoms with Crippen LogP contribution in [0.15, 0.2) is 35.2 Å². The number of imidazole rings is 1. The molecule has 0 aliphatic rings. The third kappa shape index (κ3) is 1.31. The summed E-state index contributed by atoms with van der Waals surface area (Å²) in [7, 11) is 0. The highest BCUT2D eigenvalue weighted by Gasteiger charge is 2.12. The van der Waals surface area contributed by atoms with Crippen molar-refractivity contribution in [1.82, 2.24) is 9.38 Å². The van der Waals surface area contributed by atoms with Gasteiger partial charge in [-0.1, -0.05) is 11.6 Å². The van der Waals surface area contributed by atoms with E-state index < -0.39 is 0 Å². The van der Waals surface area contributed by atoms with E-state index in [0.717, 1.165) is 11.3 Å². The van der Waals surface area contributed by atoms with Crippen molar-refractivity contribution in [1.29, 1.82) is 0 Å². The van der Waals surface area contributed by atoms with Crippen LogP contribution in [0.5, 0.6) is 0 Å². The number of nitrogens with two attached hydrogens (primary N) is 1. The number of anilines is 1. The highest BCUT2D eigenvalue weighted by Crippen LogP contribution is 2.30. The SMILES string of the molecule is Nc1c(-c2ccsc2)nc2c(Cl)cccn12. The number of thiophene rings is 1. The van der Waals surface area contributed by atoms with Gasteiger partial charge in [-0.25, -0.2) is 4.98 Å². The van der Waals surface area contributed by atoms with E-state index in [0.29, 0.717) is 16.5 Å². The van der Waals surface area contributed by atoms with E-state index in [1.807, 2.05) is 29.1 Å². The smallest absolute Gasteiger partial charge is 0.157 e. The van der Waals surface area contributed by atoms with Crippen LogP contribution in [-0.4, -0.2) is 9.38 Å². The number of aromatic nitrogens is 2. The molecule has 0 aliphatic carbocycles. The summed E-state index contributed by atoms with van der Waals surface area (Å²) in [5.74, 6) is 0.621. The number of nitrogens with zero attached hydrogens (tertiary/aromatic N) is 2. The fourth-order valence-electron chi connectivity index (χ4n) is 1.66. The van der Waals surface area contributed by atoms with Crippen LogP contribution in [0.4, 0.5) is 5.82 Å². The third-order valence-corrected chi connectivity index (χ3v) is 3.41. The first kappa shape index (κ1) is 9.69. The highest BCUT2D eigenvalue weighted by atomic mass is 35.5. The molecule has 0 fully saturated rings. The van der Waals surface area contributed by atoms with Crippen LogP contribution < -0.4 is 5.73 Å². The van der Waals surface area contributed by atoms with E-state index in [1.165, 1.54) is 0 Å². The molecule has 3 rings (SSSR count). The van der Waals surface area contributed by atoms with Gasteiger partial charge in [-0.2, -0.15) is 11.3 Å². The van der Waals surface area contributed by atoms with Crippen molar-refractivity contribution in [2.45, 2.75) is 0 Å². The monoisotopic (exact) mass is 249 g/mol. The Morgan fingerprint density at radius 3 is 2.94 bits per heavy atom. The Bertz CT molecular complexity index is 643. The molecule has 0 amide bonds. The first-order valence-electron chi connectivity index (χ1n) is 4.72. The van der Waals surface area contributed by atoms with E-state index in [4.69, 9.17) is 17.3 Å². The lowest BCUT2D eigenvalue weighted by molar-refractivity contribution is 1.20. The molecule has 0 unspecified atom stereocenters. The summed E-state index contributed by atoms with van der Waals surface area (Å²) >= 11 is 7.69.